The first-order chi connectivity index (χ1) is 14.0. The molecule has 0 aliphatic carbocycles. The summed E-state index contributed by atoms with van der Waals surface area (Å²) in [6, 6.07) is 13.2. The van der Waals surface area contributed by atoms with Crippen molar-refractivity contribution < 1.29 is 23.8 Å². The van der Waals surface area contributed by atoms with E-state index in [1.807, 2.05) is 6.07 Å². The molecule has 4 rings (SSSR count). The number of nitrogens with zero attached hydrogens (tertiary/aromatic N) is 1. The summed E-state index contributed by atoms with van der Waals surface area (Å²) in [6.07, 6.45) is 1.26. The molecule has 2 heterocycles. The van der Waals surface area contributed by atoms with Crippen molar-refractivity contribution in [2.75, 3.05) is 6.54 Å². The van der Waals surface area contributed by atoms with E-state index in [9.17, 15) is 19.1 Å². The van der Waals surface area contributed by atoms with Gasteiger partial charge >= 0.3 is 6.09 Å². The van der Waals surface area contributed by atoms with Crippen LogP contribution in [0, 0.1) is 5.82 Å². The number of rotatable bonds is 4. The van der Waals surface area contributed by atoms with E-state index in [0.717, 1.165) is 12.0 Å². The molecule has 2 aromatic carbocycles. The highest BCUT2D eigenvalue weighted by molar-refractivity contribution is 5.91. The number of halogens is 1. The smallest absolute Gasteiger partial charge is 0.408 e. The van der Waals surface area contributed by atoms with Gasteiger partial charge in [0.15, 0.2) is 0 Å². The van der Waals surface area contributed by atoms with Crippen LogP contribution >= 0.6 is 0 Å². The predicted molar refractivity (Wildman–Crippen MR) is 104 cm³/mol. The van der Waals surface area contributed by atoms with Gasteiger partial charge in [-0.05, 0) is 49.4 Å². The molecule has 29 heavy (non-hydrogen) atoms. The second-order valence-corrected chi connectivity index (χ2v) is 7.55. The van der Waals surface area contributed by atoms with Crippen molar-refractivity contribution in [2.24, 2.45) is 0 Å². The van der Waals surface area contributed by atoms with E-state index in [4.69, 9.17) is 4.74 Å². The summed E-state index contributed by atoms with van der Waals surface area (Å²) >= 11 is 0. The number of carbonyl (C=O) groups is 2. The Hall–Kier alpha value is -3.09. The van der Waals surface area contributed by atoms with Crippen molar-refractivity contribution in [3.05, 3.63) is 65.5 Å². The van der Waals surface area contributed by atoms with Gasteiger partial charge < -0.3 is 15.2 Å². The largest absolute Gasteiger partial charge is 0.489 e. The Morgan fingerprint density at radius 2 is 2.07 bits per heavy atom. The molecule has 2 atom stereocenters. The monoisotopic (exact) mass is 398 g/mol. The SMILES string of the molecule is O=C(O)N1[C@H](c2cccc(OCc3ccccc3F)c2)CC[C@]12CCCNC2=O. The lowest BCUT2D eigenvalue weighted by atomic mass is 9.87. The Bertz CT molecular complexity index is 935. The zero-order valence-corrected chi connectivity index (χ0v) is 15.9. The van der Waals surface area contributed by atoms with Crippen LogP contribution in [0.1, 0.15) is 42.9 Å². The van der Waals surface area contributed by atoms with Crippen molar-refractivity contribution >= 4 is 12.0 Å². The second kappa shape index (κ2) is 7.73. The maximum Gasteiger partial charge on any atom is 0.408 e. The first kappa shape index (κ1) is 19.2. The van der Waals surface area contributed by atoms with Gasteiger partial charge in [0.1, 0.15) is 23.7 Å². The molecule has 2 fully saturated rings. The summed E-state index contributed by atoms with van der Waals surface area (Å²) < 4.78 is 19.5. The van der Waals surface area contributed by atoms with Crippen LogP contribution in [0.25, 0.3) is 0 Å². The number of carbonyl (C=O) groups excluding carboxylic acids is 1. The maximum atomic E-state index is 13.8. The minimum absolute atomic E-state index is 0.0791. The molecule has 2 amide bonds. The third-order valence-electron chi connectivity index (χ3n) is 5.88. The molecule has 2 aromatic rings. The normalized spacial score (nSPS) is 23.8. The zero-order chi connectivity index (χ0) is 20.4. The Balaban J connectivity index is 1.56. The molecule has 7 heteroatoms. The number of likely N-dealkylation sites (tertiary alicyclic amines) is 1. The minimum Gasteiger partial charge on any atom is -0.489 e. The fourth-order valence-electron chi connectivity index (χ4n) is 4.47. The highest BCUT2D eigenvalue weighted by atomic mass is 19.1. The summed E-state index contributed by atoms with van der Waals surface area (Å²) in [4.78, 5) is 26.0. The van der Waals surface area contributed by atoms with Gasteiger partial charge in [0, 0.05) is 12.1 Å². The van der Waals surface area contributed by atoms with Gasteiger partial charge in [0.2, 0.25) is 5.91 Å². The summed E-state index contributed by atoms with van der Waals surface area (Å²) in [7, 11) is 0. The van der Waals surface area contributed by atoms with E-state index in [0.29, 0.717) is 37.1 Å². The van der Waals surface area contributed by atoms with Crippen LogP contribution in [0.15, 0.2) is 48.5 Å². The molecule has 0 saturated carbocycles. The number of hydrogen-bond donors (Lipinski definition) is 2. The second-order valence-electron chi connectivity index (χ2n) is 7.55. The van der Waals surface area contributed by atoms with Crippen molar-refractivity contribution in [1.82, 2.24) is 10.2 Å². The van der Waals surface area contributed by atoms with Crippen LogP contribution < -0.4 is 10.1 Å². The number of hydrogen-bond acceptors (Lipinski definition) is 3. The molecular weight excluding hydrogens is 375 g/mol. The molecule has 2 aliphatic heterocycles. The molecule has 2 saturated heterocycles. The first-order valence-electron chi connectivity index (χ1n) is 9.78. The number of carboxylic acid groups (broad SMARTS) is 1. The molecule has 0 radical (unpaired) electrons. The fraction of sp³-hybridized carbons (Fsp3) is 0.364. The van der Waals surface area contributed by atoms with Crippen LogP contribution in [0.2, 0.25) is 0 Å². The lowest BCUT2D eigenvalue weighted by Crippen LogP contribution is -2.60. The maximum absolute atomic E-state index is 13.8. The van der Waals surface area contributed by atoms with Crippen LogP contribution in [-0.4, -0.2) is 34.1 Å². The number of amides is 2. The summed E-state index contributed by atoms with van der Waals surface area (Å²) in [5, 5.41) is 12.7. The third-order valence-corrected chi connectivity index (χ3v) is 5.88. The summed E-state index contributed by atoms with van der Waals surface area (Å²) in [5.74, 6) is -0.00695. The molecule has 1 spiro atoms. The van der Waals surface area contributed by atoms with E-state index >= 15 is 0 Å². The number of ether oxygens (including phenoxy) is 1. The molecule has 0 aromatic heterocycles. The molecular formula is C22H23FN2O4. The van der Waals surface area contributed by atoms with Crippen LogP contribution in [0.4, 0.5) is 9.18 Å². The minimum atomic E-state index is -1.10. The van der Waals surface area contributed by atoms with Crippen molar-refractivity contribution in [3.8, 4) is 5.75 Å². The summed E-state index contributed by atoms with van der Waals surface area (Å²) in [6.45, 7) is 0.661. The van der Waals surface area contributed by atoms with E-state index < -0.39 is 17.7 Å². The van der Waals surface area contributed by atoms with Gasteiger partial charge in [-0.1, -0.05) is 30.3 Å². The van der Waals surface area contributed by atoms with E-state index in [-0.39, 0.29) is 18.3 Å². The molecule has 6 nitrogen and oxygen atoms in total. The van der Waals surface area contributed by atoms with Gasteiger partial charge in [0.05, 0.1) is 6.04 Å². The van der Waals surface area contributed by atoms with Gasteiger partial charge in [-0.2, -0.15) is 0 Å². The predicted octanol–water partition coefficient (Wildman–Crippen LogP) is 3.87. The van der Waals surface area contributed by atoms with Crippen LogP contribution in [0.3, 0.4) is 0 Å². The van der Waals surface area contributed by atoms with Gasteiger partial charge in [-0.15, -0.1) is 0 Å². The average Bonchev–Trinajstić information content (AvgIpc) is 3.10. The van der Waals surface area contributed by atoms with Crippen LogP contribution in [-0.2, 0) is 11.4 Å². The van der Waals surface area contributed by atoms with Gasteiger partial charge in [-0.25, -0.2) is 9.18 Å². The Morgan fingerprint density at radius 3 is 2.83 bits per heavy atom. The molecule has 2 aliphatic rings. The highest BCUT2D eigenvalue weighted by Crippen LogP contribution is 2.46. The van der Waals surface area contributed by atoms with E-state index in [1.54, 1.807) is 36.4 Å². The van der Waals surface area contributed by atoms with Crippen molar-refractivity contribution in [1.29, 1.82) is 0 Å². The molecule has 2 N–H and O–H groups in total. The number of nitrogens with one attached hydrogen (secondary N) is 1. The number of benzene rings is 2. The van der Waals surface area contributed by atoms with Crippen LogP contribution in [0.5, 0.6) is 5.75 Å². The van der Waals surface area contributed by atoms with Crippen molar-refractivity contribution in [3.63, 3.8) is 0 Å². The van der Waals surface area contributed by atoms with Gasteiger partial charge in [0.25, 0.3) is 0 Å². The average molecular weight is 398 g/mol. The Labute approximate surface area is 168 Å². The quantitative estimate of drug-likeness (QED) is 0.820. The molecule has 0 unspecified atom stereocenters. The third kappa shape index (κ3) is 3.52. The summed E-state index contributed by atoms with van der Waals surface area (Å²) in [5.41, 5.74) is 0.219. The zero-order valence-electron chi connectivity index (χ0n) is 15.9. The fourth-order valence-corrected chi connectivity index (χ4v) is 4.47. The Kier molecular flexibility index (Phi) is 5.13. The topological polar surface area (TPSA) is 78.9 Å². The Morgan fingerprint density at radius 1 is 1.24 bits per heavy atom. The lowest BCUT2D eigenvalue weighted by molar-refractivity contribution is -0.134. The van der Waals surface area contributed by atoms with E-state index in [1.165, 1.54) is 11.0 Å². The first-order valence-corrected chi connectivity index (χ1v) is 9.78. The lowest BCUT2D eigenvalue weighted by Gasteiger charge is -2.40. The standard InChI is InChI=1S/C22H23FN2O4/c23-18-8-2-1-5-16(18)14-29-17-7-3-6-15(13-17)19-9-11-22(25(19)21(27)28)10-4-12-24-20(22)26/h1-3,5-8,13,19H,4,9-12,14H2,(H,24,26)(H,27,28)/t19-,22-/m0/s1. The number of piperidine rings is 1. The molecule has 0 bridgehead atoms. The highest BCUT2D eigenvalue weighted by Gasteiger charge is 2.55. The van der Waals surface area contributed by atoms with Gasteiger partial charge in [-0.3, -0.25) is 9.69 Å². The van der Waals surface area contributed by atoms with Crippen molar-refractivity contribution in [2.45, 2.75) is 43.9 Å². The molecule has 152 valence electrons. The van der Waals surface area contributed by atoms with E-state index in [2.05, 4.69) is 5.32 Å².